The number of anilines is 1. The van der Waals surface area contributed by atoms with Gasteiger partial charge in [0.1, 0.15) is 17.9 Å². The second-order valence-electron chi connectivity index (χ2n) is 13.3. The molecule has 1 amide bonds. The van der Waals surface area contributed by atoms with Crippen LogP contribution in [0.15, 0.2) is 66.1 Å². The van der Waals surface area contributed by atoms with E-state index in [4.69, 9.17) is 5.73 Å². The highest BCUT2D eigenvalue weighted by Gasteiger charge is 2.29. The van der Waals surface area contributed by atoms with Crippen LogP contribution < -0.4 is 11.2 Å². The van der Waals surface area contributed by atoms with Crippen LogP contribution in [0.5, 0.6) is 0 Å². The normalized spacial score (nSPS) is 13.7. The van der Waals surface area contributed by atoms with Crippen molar-refractivity contribution >= 4 is 23.0 Å². The van der Waals surface area contributed by atoms with Gasteiger partial charge in [-0.25, -0.2) is 9.50 Å². The fourth-order valence-corrected chi connectivity index (χ4v) is 6.88. The summed E-state index contributed by atoms with van der Waals surface area (Å²) in [5.74, 6) is 0.433. The Hall–Kier alpha value is -5.63. The molecule has 49 heavy (non-hydrogen) atoms. The van der Waals surface area contributed by atoms with E-state index in [0.717, 1.165) is 40.7 Å². The van der Waals surface area contributed by atoms with E-state index in [1.54, 1.807) is 18.5 Å². The second kappa shape index (κ2) is 13.5. The van der Waals surface area contributed by atoms with Crippen LogP contribution in [0.3, 0.4) is 0 Å². The summed E-state index contributed by atoms with van der Waals surface area (Å²) in [6.45, 7) is 11.1. The van der Waals surface area contributed by atoms with E-state index in [9.17, 15) is 19.6 Å². The summed E-state index contributed by atoms with van der Waals surface area (Å²) < 4.78 is 3.79. The molecule has 1 aliphatic heterocycles. The average Bonchev–Trinajstić information content (AvgIpc) is 3.49. The first-order valence-electron chi connectivity index (χ1n) is 16.6. The Morgan fingerprint density at radius 1 is 1.04 bits per heavy atom. The van der Waals surface area contributed by atoms with Gasteiger partial charge in [-0.05, 0) is 56.9 Å². The van der Waals surface area contributed by atoms with Crippen LogP contribution in [-0.4, -0.2) is 53.8 Å². The number of ketones is 1. The summed E-state index contributed by atoms with van der Waals surface area (Å²) in [5, 5.41) is 14.0. The van der Waals surface area contributed by atoms with Crippen molar-refractivity contribution in [2.24, 2.45) is 5.92 Å². The minimum atomic E-state index is -0.379. The number of benzene rings is 1. The highest BCUT2D eigenvalue weighted by molar-refractivity contribution is 5.98. The number of fused-ring (bicyclic) bond motifs is 1. The average molecular weight is 657 g/mol. The van der Waals surface area contributed by atoms with E-state index < -0.39 is 0 Å². The minimum absolute atomic E-state index is 0.00841. The topological polar surface area (TPSA) is 152 Å². The predicted molar refractivity (Wildman–Crippen MR) is 188 cm³/mol. The molecule has 0 bridgehead atoms. The molecular formula is C38H40N8O3. The fraction of sp³-hybridized carbons (Fsp3) is 0.342. The molecule has 0 aliphatic carbocycles. The summed E-state index contributed by atoms with van der Waals surface area (Å²) in [6, 6.07) is 13.5. The molecular weight excluding hydrogens is 616 g/mol. The Morgan fingerprint density at radius 3 is 2.41 bits per heavy atom. The summed E-state index contributed by atoms with van der Waals surface area (Å²) in [5.41, 5.74) is 12.3. The Bertz CT molecular complexity index is 2160. The molecule has 250 valence electrons. The lowest BCUT2D eigenvalue weighted by molar-refractivity contribution is -0.135. The highest BCUT2D eigenvalue weighted by atomic mass is 16.2. The largest absolute Gasteiger partial charge is 0.382 e. The number of piperidine rings is 1. The Morgan fingerprint density at radius 2 is 1.76 bits per heavy atom. The number of carbonyl (C=O) groups excluding carboxylic acids is 2. The zero-order valence-electron chi connectivity index (χ0n) is 28.5. The van der Waals surface area contributed by atoms with Crippen molar-refractivity contribution in [3.8, 4) is 28.3 Å². The van der Waals surface area contributed by atoms with Gasteiger partial charge in [-0.3, -0.25) is 19.4 Å². The molecule has 5 heterocycles. The van der Waals surface area contributed by atoms with Crippen LogP contribution in [0.1, 0.15) is 85.4 Å². The Kier molecular flexibility index (Phi) is 9.15. The second-order valence-corrected chi connectivity index (χ2v) is 13.3. The lowest BCUT2D eigenvalue weighted by Crippen LogP contribution is -2.40. The van der Waals surface area contributed by atoms with Gasteiger partial charge in [-0.2, -0.15) is 10.4 Å². The van der Waals surface area contributed by atoms with E-state index in [2.05, 4.69) is 27.2 Å². The van der Waals surface area contributed by atoms with Gasteiger partial charge < -0.3 is 15.2 Å². The molecule has 11 heteroatoms. The number of nitrogens with zero attached hydrogens (tertiary/aromatic N) is 7. The smallest absolute Gasteiger partial charge is 0.225 e. The minimum Gasteiger partial charge on any atom is -0.382 e. The molecule has 0 atom stereocenters. The van der Waals surface area contributed by atoms with Crippen LogP contribution in [0, 0.1) is 24.2 Å². The Labute approximate surface area is 285 Å². The number of Topliss-reactive ketones (excluding diaryl/α,β-unsaturated/α-hetero) is 1. The van der Waals surface area contributed by atoms with Gasteiger partial charge in [0, 0.05) is 78.5 Å². The highest BCUT2D eigenvalue weighted by Crippen LogP contribution is 2.37. The number of carbonyl (C=O) groups is 2. The van der Waals surface area contributed by atoms with Gasteiger partial charge in [-0.1, -0.05) is 38.1 Å². The van der Waals surface area contributed by atoms with Crippen molar-refractivity contribution in [2.45, 2.75) is 65.8 Å². The first kappa shape index (κ1) is 33.3. The molecule has 6 rings (SSSR count). The standard InChI is InChI=1S/C38H40N8O3/c1-22(2)38(49)44-12-10-28(11-13-44)32-16-30(35-37(40)42-21-43-46(32)35)27-8-6-25(7-9-27)15-33(47)31-20-45(23(3)4)24(5)34(36(31)48)29-14-26(17-39)18-41-19-29/h6-9,14,16,18-23,28H,10-13,15H2,1-5H3,(H2,40,42,43). The molecule has 2 N–H and O–H groups in total. The van der Waals surface area contributed by atoms with E-state index in [1.807, 2.05) is 72.9 Å². The quantitative estimate of drug-likeness (QED) is 0.207. The molecule has 1 saturated heterocycles. The summed E-state index contributed by atoms with van der Waals surface area (Å²) >= 11 is 0. The SMILES string of the molecule is Cc1c(-c2cncc(C#N)c2)c(=O)c(C(=O)Cc2ccc(-c3cc(C4CCN(C(=O)C(C)C)CC4)n4ncnc(N)c34)cc2)cn1C(C)C. The number of hydrogen-bond donors (Lipinski definition) is 1. The van der Waals surface area contributed by atoms with Crippen LogP contribution in [0.4, 0.5) is 5.82 Å². The van der Waals surface area contributed by atoms with E-state index in [1.165, 1.54) is 12.5 Å². The lowest BCUT2D eigenvalue weighted by atomic mass is 9.92. The maximum atomic E-state index is 13.8. The number of aromatic nitrogens is 5. The number of hydrogen-bond acceptors (Lipinski definition) is 8. The van der Waals surface area contributed by atoms with E-state index in [0.29, 0.717) is 41.3 Å². The van der Waals surface area contributed by atoms with Gasteiger partial charge in [0.15, 0.2) is 11.6 Å². The van der Waals surface area contributed by atoms with Crippen molar-refractivity contribution in [2.75, 3.05) is 18.8 Å². The number of amides is 1. The van der Waals surface area contributed by atoms with Crippen LogP contribution >= 0.6 is 0 Å². The Balaban J connectivity index is 1.29. The summed E-state index contributed by atoms with van der Waals surface area (Å²) in [6.07, 6.45) is 7.79. The third-order valence-corrected chi connectivity index (χ3v) is 9.46. The van der Waals surface area contributed by atoms with Crippen molar-refractivity contribution in [1.82, 2.24) is 29.0 Å². The summed E-state index contributed by atoms with van der Waals surface area (Å²) in [4.78, 5) is 50.5. The zero-order valence-corrected chi connectivity index (χ0v) is 28.5. The number of nitriles is 1. The van der Waals surface area contributed by atoms with E-state index in [-0.39, 0.29) is 47.0 Å². The molecule has 1 aromatic carbocycles. The van der Waals surface area contributed by atoms with Crippen LogP contribution in [0.25, 0.3) is 27.8 Å². The maximum absolute atomic E-state index is 13.8. The molecule has 0 unspecified atom stereocenters. The molecule has 0 spiro atoms. The van der Waals surface area contributed by atoms with Crippen molar-refractivity contribution in [1.29, 1.82) is 5.26 Å². The fourth-order valence-electron chi connectivity index (χ4n) is 6.88. The third kappa shape index (κ3) is 6.34. The first-order chi connectivity index (χ1) is 23.5. The van der Waals surface area contributed by atoms with Crippen LogP contribution in [0.2, 0.25) is 0 Å². The number of rotatable bonds is 8. The first-order valence-corrected chi connectivity index (χ1v) is 16.6. The number of pyridine rings is 2. The molecule has 0 radical (unpaired) electrons. The maximum Gasteiger partial charge on any atom is 0.225 e. The zero-order chi connectivity index (χ0) is 35.0. The number of nitrogen functional groups attached to an aromatic ring is 1. The summed E-state index contributed by atoms with van der Waals surface area (Å²) in [7, 11) is 0. The van der Waals surface area contributed by atoms with Gasteiger partial charge >= 0.3 is 0 Å². The molecule has 1 fully saturated rings. The van der Waals surface area contributed by atoms with Gasteiger partial charge in [0.25, 0.3) is 0 Å². The molecule has 5 aromatic rings. The number of nitrogens with two attached hydrogens (primary N) is 1. The molecule has 4 aromatic heterocycles. The van der Waals surface area contributed by atoms with Crippen molar-refractivity contribution < 1.29 is 9.59 Å². The molecule has 1 aliphatic rings. The van der Waals surface area contributed by atoms with E-state index >= 15 is 0 Å². The van der Waals surface area contributed by atoms with Gasteiger partial charge in [0.05, 0.1) is 16.7 Å². The van der Waals surface area contributed by atoms with Gasteiger partial charge in [-0.15, -0.1) is 0 Å². The third-order valence-electron chi connectivity index (χ3n) is 9.46. The van der Waals surface area contributed by atoms with Crippen molar-refractivity contribution in [3.63, 3.8) is 0 Å². The molecule has 0 saturated carbocycles. The van der Waals surface area contributed by atoms with Crippen molar-refractivity contribution in [3.05, 3.63) is 99.6 Å². The monoisotopic (exact) mass is 656 g/mol. The molecule has 11 nitrogen and oxygen atoms in total. The van der Waals surface area contributed by atoms with Crippen LogP contribution in [-0.2, 0) is 11.2 Å². The number of likely N-dealkylation sites (tertiary alicyclic amines) is 1. The van der Waals surface area contributed by atoms with Gasteiger partial charge in [0.2, 0.25) is 11.3 Å². The lowest BCUT2D eigenvalue weighted by Gasteiger charge is -2.33. The predicted octanol–water partition coefficient (Wildman–Crippen LogP) is 5.75.